The monoisotopic (exact) mass is 359 g/mol. The molecule has 0 saturated carbocycles. The Morgan fingerprint density at radius 3 is 2.62 bits per heavy atom. The van der Waals surface area contributed by atoms with Gasteiger partial charge in [0.1, 0.15) is 12.1 Å². The summed E-state index contributed by atoms with van der Waals surface area (Å²) in [5.41, 5.74) is -0.988. The predicted octanol–water partition coefficient (Wildman–Crippen LogP) is 0.0364. The maximum atomic E-state index is 12.5. The number of imide groups is 1. The van der Waals surface area contributed by atoms with Gasteiger partial charge in [-0.25, -0.2) is 13.2 Å². The van der Waals surface area contributed by atoms with E-state index in [2.05, 4.69) is 10.6 Å². The summed E-state index contributed by atoms with van der Waals surface area (Å²) in [5, 5.41) is 5.25. The Morgan fingerprint density at radius 1 is 1.42 bits per heavy atom. The smallest absolute Gasteiger partial charge is 0.325 e. The van der Waals surface area contributed by atoms with Crippen molar-refractivity contribution in [3.63, 3.8) is 0 Å². The van der Waals surface area contributed by atoms with Crippen LogP contribution >= 0.6 is 0 Å². The molecule has 2 rings (SSSR count). The lowest BCUT2D eigenvalue weighted by molar-refractivity contribution is -0.135. The van der Waals surface area contributed by atoms with E-state index >= 15 is 0 Å². The molecule has 0 aromatic rings. The Labute approximate surface area is 142 Å². The molecular formula is C15H25N3O5S. The van der Waals surface area contributed by atoms with Crippen LogP contribution in [-0.4, -0.2) is 60.8 Å². The van der Waals surface area contributed by atoms with Crippen LogP contribution in [0.2, 0.25) is 0 Å². The fraction of sp³-hybridized carbons (Fsp3) is 0.800. The second-order valence-electron chi connectivity index (χ2n) is 7.25. The van der Waals surface area contributed by atoms with E-state index in [1.54, 1.807) is 6.92 Å². The molecule has 0 radical (unpaired) electrons. The van der Waals surface area contributed by atoms with Gasteiger partial charge in [-0.3, -0.25) is 14.5 Å². The van der Waals surface area contributed by atoms with Crippen molar-refractivity contribution in [3.8, 4) is 0 Å². The Bertz CT molecular complexity index is 645. The normalized spacial score (nSPS) is 29.2. The lowest BCUT2D eigenvalue weighted by atomic mass is 9.92. The molecule has 8 nitrogen and oxygen atoms in total. The van der Waals surface area contributed by atoms with Crippen molar-refractivity contribution in [3.05, 3.63) is 0 Å². The van der Waals surface area contributed by atoms with Crippen molar-refractivity contribution in [1.82, 2.24) is 15.5 Å². The van der Waals surface area contributed by atoms with Gasteiger partial charge in [0.2, 0.25) is 5.91 Å². The van der Waals surface area contributed by atoms with Crippen molar-refractivity contribution in [2.75, 3.05) is 18.1 Å². The molecule has 2 fully saturated rings. The fourth-order valence-electron chi connectivity index (χ4n) is 2.96. The SMILES string of the molecule is CC(C)CC[C@]1(C)NC(=O)N(CC(=O)N[C@H]2CCS(=O)(=O)C2)C1=O. The summed E-state index contributed by atoms with van der Waals surface area (Å²) >= 11 is 0. The molecule has 9 heteroatoms. The molecule has 2 N–H and O–H groups in total. The number of urea groups is 1. The number of carbonyl (C=O) groups is 3. The highest BCUT2D eigenvalue weighted by Gasteiger charge is 2.48. The van der Waals surface area contributed by atoms with Crippen molar-refractivity contribution in [2.24, 2.45) is 5.92 Å². The minimum Gasteiger partial charge on any atom is -0.351 e. The molecule has 0 bridgehead atoms. The first kappa shape index (κ1) is 18.7. The van der Waals surface area contributed by atoms with Gasteiger partial charge in [0.25, 0.3) is 5.91 Å². The van der Waals surface area contributed by atoms with Gasteiger partial charge in [-0.1, -0.05) is 13.8 Å². The molecule has 0 unspecified atom stereocenters. The van der Waals surface area contributed by atoms with Gasteiger partial charge in [0.05, 0.1) is 11.5 Å². The first-order chi connectivity index (χ1) is 11.0. The lowest BCUT2D eigenvalue weighted by Crippen LogP contribution is -2.46. The molecule has 0 aromatic heterocycles. The summed E-state index contributed by atoms with van der Waals surface area (Å²) in [4.78, 5) is 37.5. The predicted molar refractivity (Wildman–Crippen MR) is 87.9 cm³/mol. The number of carbonyl (C=O) groups excluding carboxylic acids is 3. The molecule has 136 valence electrons. The van der Waals surface area contributed by atoms with E-state index in [1.165, 1.54) is 0 Å². The molecule has 4 amide bonds. The lowest BCUT2D eigenvalue weighted by Gasteiger charge is -2.22. The zero-order valence-electron chi connectivity index (χ0n) is 14.3. The number of amides is 4. The van der Waals surface area contributed by atoms with Gasteiger partial charge in [-0.05, 0) is 32.1 Å². The molecule has 2 saturated heterocycles. The largest absolute Gasteiger partial charge is 0.351 e. The number of hydrogen-bond donors (Lipinski definition) is 2. The highest BCUT2D eigenvalue weighted by molar-refractivity contribution is 7.91. The maximum Gasteiger partial charge on any atom is 0.325 e. The number of hydrogen-bond acceptors (Lipinski definition) is 5. The van der Waals surface area contributed by atoms with Gasteiger partial charge in [-0.2, -0.15) is 0 Å². The molecule has 2 heterocycles. The van der Waals surface area contributed by atoms with Crippen molar-refractivity contribution < 1.29 is 22.8 Å². The Hall–Kier alpha value is -1.64. The van der Waals surface area contributed by atoms with E-state index < -0.39 is 45.8 Å². The van der Waals surface area contributed by atoms with Crippen LogP contribution in [-0.2, 0) is 19.4 Å². The van der Waals surface area contributed by atoms with Crippen LogP contribution < -0.4 is 10.6 Å². The van der Waals surface area contributed by atoms with Crippen LogP contribution in [0.4, 0.5) is 4.79 Å². The number of nitrogens with one attached hydrogen (secondary N) is 2. The Balaban J connectivity index is 1.93. The summed E-state index contributed by atoms with van der Waals surface area (Å²) in [6, 6.07) is -1.03. The topological polar surface area (TPSA) is 113 Å². The highest BCUT2D eigenvalue weighted by Crippen LogP contribution is 2.24. The molecule has 0 aliphatic carbocycles. The maximum absolute atomic E-state index is 12.5. The van der Waals surface area contributed by atoms with Gasteiger partial charge in [0.15, 0.2) is 9.84 Å². The van der Waals surface area contributed by atoms with Gasteiger partial charge in [0, 0.05) is 6.04 Å². The van der Waals surface area contributed by atoms with E-state index in [0.29, 0.717) is 18.8 Å². The van der Waals surface area contributed by atoms with Gasteiger partial charge >= 0.3 is 6.03 Å². The third kappa shape index (κ3) is 4.25. The van der Waals surface area contributed by atoms with Crippen LogP contribution in [0, 0.1) is 5.92 Å². The standard InChI is InChI=1S/C15H25N3O5S/c1-10(2)4-6-15(3)13(20)18(14(21)17-15)8-12(19)16-11-5-7-24(22,23)9-11/h10-11H,4-9H2,1-3H3,(H,16,19)(H,17,21)/t11-,15-/m0/s1. The van der Waals surface area contributed by atoms with E-state index in [-0.39, 0.29) is 11.5 Å². The Morgan fingerprint density at radius 2 is 2.08 bits per heavy atom. The quantitative estimate of drug-likeness (QED) is 0.650. The summed E-state index contributed by atoms with van der Waals surface area (Å²) in [7, 11) is -3.10. The molecule has 2 aliphatic rings. The van der Waals surface area contributed by atoms with Gasteiger partial charge in [-0.15, -0.1) is 0 Å². The minimum atomic E-state index is -3.10. The van der Waals surface area contributed by atoms with Crippen LogP contribution in [0.3, 0.4) is 0 Å². The van der Waals surface area contributed by atoms with Crippen LogP contribution in [0.1, 0.15) is 40.0 Å². The molecule has 2 aliphatic heterocycles. The van der Waals surface area contributed by atoms with Gasteiger partial charge < -0.3 is 10.6 Å². The first-order valence-electron chi connectivity index (χ1n) is 8.16. The minimum absolute atomic E-state index is 0.0500. The number of sulfone groups is 1. The van der Waals surface area contributed by atoms with Crippen molar-refractivity contribution >= 4 is 27.7 Å². The van der Waals surface area contributed by atoms with E-state index in [1.807, 2.05) is 13.8 Å². The Kier molecular flexibility index (Phi) is 5.22. The first-order valence-corrected chi connectivity index (χ1v) is 9.98. The van der Waals surface area contributed by atoms with Crippen molar-refractivity contribution in [2.45, 2.75) is 51.6 Å². The summed E-state index contributed by atoms with van der Waals surface area (Å²) in [6.45, 7) is 5.34. The molecule has 0 aromatic carbocycles. The molecule has 0 spiro atoms. The average Bonchev–Trinajstić information content (AvgIpc) is 2.89. The second kappa shape index (κ2) is 6.70. The van der Waals surface area contributed by atoms with Crippen LogP contribution in [0.25, 0.3) is 0 Å². The second-order valence-corrected chi connectivity index (χ2v) is 9.48. The average molecular weight is 359 g/mol. The third-order valence-corrected chi connectivity index (χ3v) is 6.23. The summed E-state index contributed by atoms with van der Waals surface area (Å²) in [6.07, 6.45) is 1.65. The van der Waals surface area contributed by atoms with Crippen LogP contribution in [0.15, 0.2) is 0 Å². The fourth-order valence-corrected chi connectivity index (χ4v) is 4.64. The highest BCUT2D eigenvalue weighted by atomic mass is 32.2. The number of nitrogens with zero attached hydrogens (tertiary/aromatic N) is 1. The van der Waals surface area contributed by atoms with E-state index in [4.69, 9.17) is 0 Å². The summed E-state index contributed by atoms with van der Waals surface area (Å²) < 4.78 is 22.8. The molecular weight excluding hydrogens is 334 g/mol. The van der Waals surface area contributed by atoms with E-state index in [9.17, 15) is 22.8 Å². The number of rotatable bonds is 6. The molecule has 24 heavy (non-hydrogen) atoms. The zero-order chi connectivity index (χ0) is 18.1. The molecule has 2 atom stereocenters. The zero-order valence-corrected chi connectivity index (χ0v) is 15.1. The van der Waals surface area contributed by atoms with Crippen LogP contribution in [0.5, 0.6) is 0 Å². The summed E-state index contributed by atoms with van der Waals surface area (Å²) in [5.74, 6) is -0.580. The van der Waals surface area contributed by atoms with E-state index in [0.717, 1.165) is 11.3 Å². The third-order valence-electron chi connectivity index (χ3n) is 4.47. The van der Waals surface area contributed by atoms with Crippen molar-refractivity contribution in [1.29, 1.82) is 0 Å².